The van der Waals surface area contributed by atoms with Gasteiger partial charge in [-0.05, 0) is 12.5 Å². The molecular formula is C17H18N4O3. The van der Waals surface area contributed by atoms with Crippen molar-refractivity contribution in [3.63, 3.8) is 0 Å². The van der Waals surface area contributed by atoms with Crippen molar-refractivity contribution in [1.82, 2.24) is 15.0 Å². The molecule has 0 radical (unpaired) electrons. The number of aryl methyl sites for hydroxylation is 1. The van der Waals surface area contributed by atoms with Crippen molar-refractivity contribution < 1.29 is 13.9 Å². The lowest BCUT2D eigenvalue weighted by Gasteiger charge is -2.22. The molecule has 0 aliphatic rings. The summed E-state index contributed by atoms with van der Waals surface area (Å²) in [5.74, 6) is 0.733. The predicted molar refractivity (Wildman–Crippen MR) is 88.5 cm³/mol. The van der Waals surface area contributed by atoms with Gasteiger partial charge in [0.05, 0.1) is 6.61 Å². The average molecular weight is 326 g/mol. The van der Waals surface area contributed by atoms with Gasteiger partial charge in [-0.3, -0.25) is 4.79 Å². The average Bonchev–Trinajstić information content (AvgIpc) is 2.95. The Balaban J connectivity index is 1.97. The number of hydrogen-bond donors (Lipinski definition) is 0. The summed E-state index contributed by atoms with van der Waals surface area (Å²) in [6, 6.07) is 9.83. The van der Waals surface area contributed by atoms with Crippen molar-refractivity contribution in [2.75, 3.05) is 18.1 Å². The van der Waals surface area contributed by atoms with E-state index >= 15 is 0 Å². The van der Waals surface area contributed by atoms with E-state index in [9.17, 15) is 4.79 Å². The van der Waals surface area contributed by atoms with Gasteiger partial charge in [0.15, 0.2) is 17.2 Å². The Labute approximate surface area is 139 Å². The van der Waals surface area contributed by atoms with E-state index in [2.05, 4.69) is 15.0 Å². The molecule has 0 saturated heterocycles. The van der Waals surface area contributed by atoms with Gasteiger partial charge in [-0.15, -0.1) is 0 Å². The summed E-state index contributed by atoms with van der Waals surface area (Å²) < 4.78 is 10.5. The van der Waals surface area contributed by atoms with E-state index in [1.54, 1.807) is 13.8 Å². The summed E-state index contributed by atoms with van der Waals surface area (Å²) >= 11 is 0. The molecule has 7 nitrogen and oxygen atoms in total. The first-order chi connectivity index (χ1) is 11.7. The zero-order chi connectivity index (χ0) is 16.9. The van der Waals surface area contributed by atoms with Crippen molar-refractivity contribution >= 4 is 23.0 Å². The highest BCUT2D eigenvalue weighted by Gasteiger charge is 2.20. The number of fused-ring (bicyclic) bond motifs is 1. The maximum Gasteiger partial charge on any atom is 0.325 e. The van der Waals surface area contributed by atoms with Gasteiger partial charge in [-0.2, -0.15) is 4.98 Å². The second kappa shape index (κ2) is 7.08. The van der Waals surface area contributed by atoms with Crippen LogP contribution >= 0.6 is 0 Å². The lowest BCUT2D eigenvalue weighted by Crippen LogP contribution is -2.31. The van der Waals surface area contributed by atoms with Crippen molar-refractivity contribution in [2.24, 2.45) is 0 Å². The van der Waals surface area contributed by atoms with E-state index in [0.29, 0.717) is 36.1 Å². The summed E-state index contributed by atoms with van der Waals surface area (Å²) in [6.07, 6.45) is 1.41. The quantitative estimate of drug-likeness (QED) is 0.644. The molecule has 1 aromatic carbocycles. The maximum atomic E-state index is 12.0. The van der Waals surface area contributed by atoms with E-state index in [1.807, 2.05) is 35.2 Å². The lowest BCUT2D eigenvalue weighted by molar-refractivity contribution is -0.141. The van der Waals surface area contributed by atoms with Crippen molar-refractivity contribution in [3.8, 4) is 0 Å². The molecule has 0 unspecified atom stereocenters. The van der Waals surface area contributed by atoms with Crippen LogP contribution in [-0.4, -0.2) is 34.1 Å². The Kier molecular flexibility index (Phi) is 4.69. The standard InChI is InChI=1S/C17H18N4O3/c1-3-23-14(22)10-21(9-13-7-5-4-6-8-13)16-15-17(19-11-18-16)24-12(2)20-15/h4-8,11H,3,9-10H2,1-2H3. The lowest BCUT2D eigenvalue weighted by atomic mass is 10.2. The van der Waals surface area contributed by atoms with Gasteiger partial charge in [-0.1, -0.05) is 30.3 Å². The summed E-state index contributed by atoms with van der Waals surface area (Å²) in [6.45, 7) is 4.43. The molecule has 0 saturated carbocycles. The summed E-state index contributed by atoms with van der Waals surface area (Å²) in [5.41, 5.74) is 1.99. The second-order valence-corrected chi connectivity index (χ2v) is 5.23. The number of carbonyl (C=O) groups excluding carboxylic acids is 1. The number of ether oxygens (including phenoxy) is 1. The molecule has 24 heavy (non-hydrogen) atoms. The van der Waals surface area contributed by atoms with Gasteiger partial charge < -0.3 is 14.1 Å². The molecule has 2 aromatic heterocycles. The van der Waals surface area contributed by atoms with E-state index in [0.717, 1.165) is 5.56 Å². The Morgan fingerprint density at radius 1 is 1.25 bits per heavy atom. The Bertz CT molecular complexity index is 832. The molecule has 2 heterocycles. The monoisotopic (exact) mass is 326 g/mol. The maximum absolute atomic E-state index is 12.0. The molecule has 0 amide bonds. The van der Waals surface area contributed by atoms with Crippen LogP contribution in [0.2, 0.25) is 0 Å². The summed E-state index contributed by atoms with van der Waals surface area (Å²) in [7, 11) is 0. The number of rotatable bonds is 6. The van der Waals surface area contributed by atoms with Crippen molar-refractivity contribution in [1.29, 1.82) is 0 Å². The SMILES string of the molecule is CCOC(=O)CN(Cc1ccccc1)c1ncnc2oc(C)nc12. The fourth-order valence-electron chi connectivity index (χ4n) is 2.45. The molecule has 0 bridgehead atoms. The van der Waals surface area contributed by atoms with Gasteiger partial charge in [0.25, 0.3) is 5.71 Å². The number of anilines is 1. The van der Waals surface area contributed by atoms with Crippen LogP contribution in [0.25, 0.3) is 11.2 Å². The third kappa shape index (κ3) is 3.51. The first-order valence-electron chi connectivity index (χ1n) is 7.70. The molecule has 0 N–H and O–H groups in total. The van der Waals surface area contributed by atoms with Crippen LogP contribution in [0.3, 0.4) is 0 Å². The Morgan fingerprint density at radius 3 is 2.79 bits per heavy atom. The Morgan fingerprint density at radius 2 is 2.04 bits per heavy atom. The molecule has 7 heteroatoms. The van der Waals surface area contributed by atoms with E-state index in [4.69, 9.17) is 9.15 Å². The normalized spacial score (nSPS) is 10.8. The number of nitrogens with zero attached hydrogens (tertiary/aromatic N) is 4. The highest BCUT2D eigenvalue weighted by atomic mass is 16.5. The molecule has 0 fully saturated rings. The van der Waals surface area contributed by atoms with E-state index in [1.165, 1.54) is 6.33 Å². The van der Waals surface area contributed by atoms with Crippen LogP contribution in [0.5, 0.6) is 0 Å². The third-order valence-corrected chi connectivity index (χ3v) is 3.42. The van der Waals surface area contributed by atoms with Crippen LogP contribution in [-0.2, 0) is 16.1 Å². The minimum absolute atomic E-state index is 0.0702. The number of benzene rings is 1. The van der Waals surface area contributed by atoms with Crippen LogP contribution in [0.1, 0.15) is 18.4 Å². The van der Waals surface area contributed by atoms with Crippen molar-refractivity contribution in [2.45, 2.75) is 20.4 Å². The smallest absolute Gasteiger partial charge is 0.325 e. The van der Waals surface area contributed by atoms with E-state index < -0.39 is 0 Å². The highest BCUT2D eigenvalue weighted by Crippen LogP contribution is 2.24. The molecular weight excluding hydrogens is 308 g/mol. The minimum atomic E-state index is -0.319. The van der Waals surface area contributed by atoms with Gasteiger partial charge >= 0.3 is 5.97 Å². The number of carbonyl (C=O) groups is 1. The molecule has 3 aromatic rings. The van der Waals surface area contributed by atoms with E-state index in [-0.39, 0.29) is 12.5 Å². The zero-order valence-electron chi connectivity index (χ0n) is 13.6. The number of oxazole rings is 1. The number of hydrogen-bond acceptors (Lipinski definition) is 7. The second-order valence-electron chi connectivity index (χ2n) is 5.23. The molecule has 0 aliphatic carbocycles. The number of esters is 1. The van der Waals surface area contributed by atoms with Gasteiger partial charge in [0.1, 0.15) is 12.9 Å². The Hall–Kier alpha value is -2.96. The highest BCUT2D eigenvalue weighted by molar-refractivity contribution is 5.84. The summed E-state index contributed by atoms with van der Waals surface area (Å²) in [4.78, 5) is 26.6. The van der Waals surface area contributed by atoms with Gasteiger partial charge in [0.2, 0.25) is 0 Å². The molecule has 124 valence electrons. The largest absolute Gasteiger partial charge is 0.465 e. The summed E-state index contributed by atoms with van der Waals surface area (Å²) in [5, 5.41) is 0. The number of aromatic nitrogens is 3. The van der Waals surface area contributed by atoms with Crippen LogP contribution < -0.4 is 4.90 Å². The van der Waals surface area contributed by atoms with Crippen LogP contribution in [0.4, 0.5) is 5.82 Å². The first-order valence-corrected chi connectivity index (χ1v) is 7.70. The fraction of sp³-hybridized carbons (Fsp3) is 0.294. The molecule has 0 spiro atoms. The third-order valence-electron chi connectivity index (χ3n) is 3.42. The van der Waals surface area contributed by atoms with Crippen LogP contribution in [0, 0.1) is 6.92 Å². The first kappa shape index (κ1) is 15.9. The molecule has 0 atom stereocenters. The van der Waals surface area contributed by atoms with Crippen LogP contribution in [0.15, 0.2) is 41.1 Å². The fourth-order valence-corrected chi connectivity index (χ4v) is 2.45. The molecule has 0 aliphatic heterocycles. The van der Waals surface area contributed by atoms with Crippen molar-refractivity contribution in [3.05, 3.63) is 48.1 Å². The zero-order valence-corrected chi connectivity index (χ0v) is 13.6. The minimum Gasteiger partial charge on any atom is -0.465 e. The topological polar surface area (TPSA) is 81.4 Å². The van der Waals surface area contributed by atoms with Gasteiger partial charge in [-0.25, -0.2) is 9.97 Å². The van der Waals surface area contributed by atoms with Gasteiger partial charge in [0, 0.05) is 13.5 Å². The predicted octanol–water partition coefficient (Wildman–Crippen LogP) is 2.50. The molecule has 3 rings (SSSR count).